The van der Waals surface area contributed by atoms with Crippen molar-refractivity contribution in [3.05, 3.63) is 12.5 Å². The minimum Gasteiger partial charge on any atom is -0.335 e. The van der Waals surface area contributed by atoms with E-state index in [1.165, 1.54) is 28.6 Å². The molecule has 8 heteroatoms. The number of nitrogens with zero attached hydrogens (tertiary/aromatic N) is 3. The van der Waals surface area contributed by atoms with E-state index in [0.717, 1.165) is 0 Å². The Bertz CT molecular complexity index is 539. The standard InChI is InChI=1S/C10H14N4O2S2/c1-17-10(7-11)2-4-14(5-3-10)18(15,16)9-6-12-8-13-9/h6,8H,2-5H2,1H3,(H,12,13). The third kappa shape index (κ3) is 2.25. The van der Waals surface area contributed by atoms with E-state index in [9.17, 15) is 8.42 Å². The van der Waals surface area contributed by atoms with Gasteiger partial charge < -0.3 is 4.98 Å². The average molecular weight is 286 g/mol. The number of imidazole rings is 1. The van der Waals surface area contributed by atoms with Crippen LogP contribution in [0, 0.1) is 11.3 Å². The highest BCUT2D eigenvalue weighted by atomic mass is 32.2. The van der Waals surface area contributed by atoms with E-state index in [1.807, 2.05) is 6.26 Å². The first-order valence-electron chi connectivity index (χ1n) is 5.49. The molecular weight excluding hydrogens is 272 g/mol. The number of hydrogen-bond acceptors (Lipinski definition) is 5. The van der Waals surface area contributed by atoms with Crippen molar-refractivity contribution in [2.45, 2.75) is 22.6 Å². The summed E-state index contributed by atoms with van der Waals surface area (Å²) >= 11 is 1.50. The van der Waals surface area contributed by atoms with Gasteiger partial charge in [-0.2, -0.15) is 9.57 Å². The number of nitriles is 1. The maximum atomic E-state index is 12.2. The lowest BCUT2D eigenvalue weighted by molar-refractivity contribution is 0.326. The van der Waals surface area contributed by atoms with E-state index >= 15 is 0 Å². The number of H-pyrrole nitrogens is 1. The summed E-state index contributed by atoms with van der Waals surface area (Å²) in [5, 5.41) is 9.27. The summed E-state index contributed by atoms with van der Waals surface area (Å²) in [4.78, 5) is 6.34. The van der Waals surface area contributed by atoms with Crippen LogP contribution in [0.3, 0.4) is 0 Å². The zero-order valence-electron chi connectivity index (χ0n) is 9.96. The number of hydrogen-bond donors (Lipinski definition) is 1. The van der Waals surface area contributed by atoms with E-state index in [0.29, 0.717) is 25.9 Å². The van der Waals surface area contributed by atoms with Crippen LogP contribution in [0.5, 0.6) is 0 Å². The summed E-state index contributed by atoms with van der Waals surface area (Å²) in [5.41, 5.74) is 0. The molecule has 1 fully saturated rings. The Morgan fingerprint density at radius 2 is 2.22 bits per heavy atom. The summed E-state index contributed by atoms with van der Waals surface area (Å²) in [7, 11) is -3.49. The Kier molecular flexibility index (Phi) is 3.66. The highest BCUT2D eigenvalue weighted by molar-refractivity contribution is 8.00. The first-order valence-corrected chi connectivity index (χ1v) is 8.15. The quantitative estimate of drug-likeness (QED) is 0.888. The van der Waals surface area contributed by atoms with Gasteiger partial charge in [0.25, 0.3) is 10.0 Å². The summed E-state index contributed by atoms with van der Waals surface area (Å²) < 4.78 is 25.4. The van der Waals surface area contributed by atoms with Crippen LogP contribution in [0.25, 0.3) is 0 Å². The summed E-state index contributed by atoms with van der Waals surface area (Å²) in [6.45, 7) is 0.742. The molecule has 0 amide bonds. The van der Waals surface area contributed by atoms with Gasteiger partial charge in [0.1, 0.15) is 4.75 Å². The number of nitrogens with one attached hydrogen (secondary N) is 1. The fraction of sp³-hybridized carbons (Fsp3) is 0.600. The first kappa shape index (κ1) is 13.4. The molecule has 98 valence electrons. The lowest BCUT2D eigenvalue weighted by Crippen LogP contribution is -2.44. The molecule has 2 rings (SSSR count). The van der Waals surface area contributed by atoms with Crippen molar-refractivity contribution >= 4 is 21.8 Å². The summed E-state index contributed by atoms with van der Waals surface area (Å²) in [6, 6.07) is 2.30. The Hall–Kier alpha value is -1.04. The molecule has 1 aliphatic heterocycles. The Balaban J connectivity index is 2.14. The second-order valence-electron chi connectivity index (χ2n) is 4.13. The molecule has 0 bridgehead atoms. The Morgan fingerprint density at radius 1 is 1.56 bits per heavy atom. The maximum Gasteiger partial charge on any atom is 0.260 e. The van der Waals surface area contributed by atoms with E-state index < -0.39 is 14.8 Å². The summed E-state index contributed by atoms with van der Waals surface area (Å²) in [6.07, 6.45) is 5.65. The topological polar surface area (TPSA) is 89.8 Å². The van der Waals surface area contributed by atoms with E-state index in [2.05, 4.69) is 16.0 Å². The lowest BCUT2D eigenvalue weighted by Gasteiger charge is -2.34. The minimum atomic E-state index is -3.49. The van der Waals surface area contributed by atoms with Gasteiger partial charge in [0.15, 0.2) is 5.03 Å². The zero-order valence-corrected chi connectivity index (χ0v) is 11.6. The molecule has 0 atom stereocenters. The van der Waals surface area contributed by atoms with Crippen molar-refractivity contribution in [1.29, 1.82) is 5.26 Å². The van der Waals surface area contributed by atoms with Crippen molar-refractivity contribution in [2.24, 2.45) is 0 Å². The second kappa shape index (κ2) is 4.91. The molecule has 0 aromatic carbocycles. The molecule has 0 aliphatic carbocycles. The van der Waals surface area contributed by atoms with Gasteiger partial charge in [-0.3, -0.25) is 0 Å². The SMILES string of the molecule is CSC1(C#N)CCN(S(=O)(=O)c2cnc[nH]2)CC1. The molecule has 1 saturated heterocycles. The van der Waals surface area contributed by atoms with E-state index in [-0.39, 0.29) is 5.03 Å². The van der Waals surface area contributed by atoms with Crippen LogP contribution in [0.2, 0.25) is 0 Å². The molecule has 0 spiro atoms. The van der Waals surface area contributed by atoms with Crippen molar-refractivity contribution in [3.8, 4) is 6.07 Å². The van der Waals surface area contributed by atoms with E-state index in [4.69, 9.17) is 5.26 Å². The van der Waals surface area contributed by atoms with Gasteiger partial charge in [0, 0.05) is 13.1 Å². The molecule has 1 aromatic heterocycles. The number of thioether (sulfide) groups is 1. The van der Waals surface area contributed by atoms with Gasteiger partial charge in [0.2, 0.25) is 0 Å². The molecule has 0 unspecified atom stereocenters. The van der Waals surface area contributed by atoms with Crippen LogP contribution < -0.4 is 0 Å². The van der Waals surface area contributed by atoms with Crippen molar-refractivity contribution in [2.75, 3.05) is 19.3 Å². The van der Waals surface area contributed by atoms with Crippen LogP contribution >= 0.6 is 11.8 Å². The second-order valence-corrected chi connectivity index (χ2v) is 7.23. The highest BCUT2D eigenvalue weighted by Crippen LogP contribution is 2.35. The Morgan fingerprint density at radius 3 is 2.67 bits per heavy atom. The molecule has 0 saturated carbocycles. The molecule has 18 heavy (non-hydrogen) atoms. The van der Waals surface area contributed by atoms with Crippen molar-refractivity contribution in [1.82, 2.24) is 14.3 Å². The fourth-order valence-corrected chi connectivity index (χ4v) is 3.99. The van der Waals surface area contributed by atoms with E-state index in [1.54, 1.807) is 0 Å². The van der Waals surface area contributed by atoms with Crippen LogP contribution in [0.1, 0.15) is 12.8 Å². The van der Waals surface area contributed by atoms with Gasteiger partial charge in [-0.05, 0) is 19.1 Å². The summed E-state index contributed by atoms with van der Waals surface area (Å²) in [5.74, 6) is 0. The third-order valence-corrected chi connectivity index (χ3v) is 6.32. The number of aromatic amines is 1. The van der Waals surface area contributed by atoms with Crippen molar-refractivity contribution in [3.63, 3.8) is 0 Å². The van der Waals surface area contributed by atoms with Gasteiger partial charge >= 0.3 is 0 Å². The zero-order chi connectivity index (χ0) is 13.2. The monoisotopic (exact) mass is 286 g/mol. The van der Waals surface area contributed by atoms with Crippen LogP contribution in [-0.2, 0) is 10.0 Å². The van der Waals surface area contributed by atoms with Gasteiger partial charge in [0.05, 0.1) is 18.6 Å². The molecule has 6 nitrogen and oxygen atoms in total. The molecule has 1 aromatic rings. The molecular formula is C10H14N4O2S2. The maximum absolute atomic E-state index is 12.2. The largest absolute Gasteiger partial charge is 0.335 e. The van der Waals surface area contributed by atoms with Gasteiger partial charge in [-0.25, -0.2) is 13.4 Å². The lowest BCUT2D eigenvalue weighted by atomic mass is 9.99. The highest BCUT2D eigenvalue weighted by Gasteiger charge is 2.38. The number of aromatic nitrogens is 2. The molecule has 2 heterocycles. The van der Waals surface area contributed by atoms with Crippen LogP contribution in [0.15, 0.2) is 17.6 Å². The Labute approximate surface area is 110 Å². The number of piperidine rings is 1. The smallest absolute Gasteiger partial charge is 0.260 e. The molecule has 1 N–H and O–H groups in total. The molecule has 1 aliphatic rings. The minimum absolute atomic E-state index is 0.108. The molecule has 0 radical (unpaired) electrons. The van der Waals surface area contributed by atoms with Crippen LogP contribution in [-0.4, -0.2) is 46.8 Å². The number of sulfonamides is 1. The fourth-order valence-electron chi connectivity index (χ4n) is 1.97. The van der Waals surface area contributed by atoms with Gasteiger partial charge in [-0.15, -0.1) is 11.8 Å². The third-order valence-electron chi connectivity index (χ3n) is 3.22. The average Bonchev–Trinajstić information content (AvgIpc) is 2.93. The van der Waals surface area contributed by atoms with Gasteiger partial charge in [-0.1, -0.05) is 0 Å². The number of rotatable bonds is 3. The predicted octanol–water partition coefficient (Wildman–Crippen LogP) is 0.820. The first-order chi connectivity index (χ1) is 8.54. The predicted molar refractivity (Wildman–Crippen MR) is 68.4 cm³/mol. The normalized spacial score (nSPS) is 20.4. The van der Waals surface area contributed by atoms with Crippen molar-refractivity contribution < 1.29 is 8.42 Å². The van der Waals surface area contributed by atoms with Crippen LogP contribution in [0.4, 0.5) is 0 Å².